The minimum atomic E-state index is -0.969. The lowest BCUT2D eigenvalue weighted by Gasteiger charge is -2.21. The number of aliphatic carboxylic acids is 1. The van der Waals surface area contributed by atoms with Gasteiger partial charge in [0.25, 0.3) is 0 Å². The topological polar surface area (TPSA) is 57.6 Å². The number of hydrogen-bond acceptors (Lipinski definition) is 2. The summed E-state index contributed by atoms with van der Waals surface area (Å²) in [6.07, 6.45) is 0.820. The van der Waals surface area contributed by atoms with Crippen LogP contribution in [0.2, 0.25) is 0 Å². The van der Waals surface area contributed by atoms with Crippen LogP contribution in [0.25, 0.3) is 0 Å². The molecule has 19 heavy (non-hydrogen) atoms. The van der Waals surface area contributed by atoms with Gasteiger partial charge >= 0.3 is 5.97 Å². The third-order valence-corrected chi connectivity index (χ3v) is 3.98. The monoisotopic (exact) mass is 261 g/mol. The molecule has 1 N–H and O–H groups in total. The van der Waals surface area contributed by atoms with Crippen LogP contribution in [-0.4, -0.2) is 35.0 Å². The second kappa shape index (κ2) is 5.03. The van der Waals surface area contributed by atoms with Gasteiger partial charge in [0, 0.05) is 13.0 Å². The summed E-state index contributed by atoms with van der Waals surface area (Å²) in [5.74, 6) is -0.850. The molecule has 0 spiro atoms. The number of likely N-dealkylation sites (N-methyl/N-ethyl adjacent to an activating group) is 1. The molecule has 0 aromatic heterocycles. The van der Waals surface area contributed by atoms with Crippen LogP contribution in [-0.2, 0) is 9.59 Å². The number of carbonyl (C=O) groups excluding carboxylic acids is 1. The zero-order chi connectivity index (χ0) is 14.2. The summed E-state index contributed by atoms with van der Waals surface area (Å²) in [7, 11) is 1.56. The van der Waals surface area contributed by atoms with Gasteiger partial charge in [-0.05, 0) is 37.3 Å². The molecule has 1 aromatic rings. The normalized spacial score (nSPS) is 22.7. The predicted molar refractivity (Wildman–Crippen MR) is 71.9 cm³/mol. The molecule has 4 heteroatoms. The van der Waals surface area contributed by atoms with E-state index in [1.54, 1.807) is 7.05 Å². The highest BCUT2D eigenvalue weighted by Crippen LogP contribution is 2.49. The fourth-order valence-corrected chi connectivity index (χ4v) is 2.43. The van der Waals surface area contributed by atoms with Crippen molar-refractivity contribution in [3.8, 4) is 0 Å². The van der Waals surface area contributed by atoms with Crippen LogP contribution >= 0.6 is 0 Å². The standard InChI is InChI=1S/C15H19NO3/c1-9-6-4-5-7-11(9)12-8-13(12)14(17)16(3)10(2)15(18)19/h4-7,10,12-13H,8H2,1-3H3,(H,18,19). The van der Waals surface area contributed by atoms with Crippen molar-refractivity contribution >= 4 is 11.9 Å². The lowest BCUT2D eigenvalue weighted by molar-refractivity contribution is -0.148. The van der Waals surface area contributed by atoms with E-state index in [-0.39, 0.29) is 17.7 Å². The number of amides is 1. The summed E-state index contributed by atoms with van der Waals surface area (Å²) >= 11 is 0. The Labute approximate surface area is 113 Å². The Balaban J connectivity index is 2.05. The minimum absolute atomic E-state index is 0.0621. The molecule has 1 aliphatic carbocycles. The first-order chi connectivity index (χ1) is 8.93. The summed E-state index contributed by atoms with van der Waals surface area (Å²) in [5.41, 5.74) is 2.40. The van der Waals surface area contributed by atoms with E-state index in [1.165, 1.54) is 23.0 Å². The van der Waals surface area contributed by atoms with E-state index in [2.05, 4.69) is 0 Å². The molecule has 3 atom stereocenters. The molecular weight excluding hydrogens is 242 g/mol. The molecule has 1 aliphatic rings. The highest BCUT2D eigenvalue weighted by atomic mass is 16.4. The van der Waals surface area contributed by atoms with Gasteiger partial charge in [0.1, 0.15) is 6.04 Å². The Morgan fingerprint density at radius 2 is 2.00 bits per heavy atom. The fraction of sp³-hybridized carbons (Fsp3) is 0.467. The summed E-state index contributed by atoms with van der Waals surface area (Å²) in [4.78, 5) is 24.4. The summed E-state index contributed by atoms with van der Waals surface area (Å²) in [6, 6.07) is 7.28. The quantitative estimate of drug-likeness (QED) is 0.902. The molecule has 0 saturated heterocycles. The van der Waals surface area contributed by atoms with E-state index in [4.69, 9.17) is 5.11 Å². The number of carboxylic acids is 1. The highest BCUT2D eigenvalue weighted by molar-refractivity contribution is 5.87. The van der Waals surface area contributed by atoms with Crippen molar-refractivity contribution < 1.29 is 14.7 Å². The lowest BCUT2D eigenvalue weighted by atomic mass is 10.0. The molecular formula is C15H19NO3. The van der Waals surface area contributed by atoms with Crippen LogP contribution in [0.4, 0.5) is 0 Å². The van der Waals surface area contributed by atoms with Crippen molar-refractivity contribution in [2.45, 2.75) is 32.2 Å². The smallest absolute Gasteiger partial charge is 0.326 e. The average Bonchev–Trinajstić information content (AvgIpc) is 3.16. The predicted octanol–water partition coefficient (Wildman–Crippen LogP) is 2.03. The van der Waals surface area contributed by atoms with Crippen molar-refractivity contribution in [3.63, 3.8) is 0 Å². The molecule has 4 nitrogen and oxygen atoms in total. The van der Waals surface area contributed by atoms with Crippen LogP contribution in [0.5, 0.6) is 0 Å². The maximum atomic E-state index is 12.2. The van der Waals surface area contributed by atoms with Gasteiger partial charge in [0.2, 0.25) is 5.91 Å². The van der Waals surface area contributed by atoms with Gasteiger partial charge in [-0.2, -0.15) is 0 Å². The summed E-state index contributed by atoms with van der Waals surface area (Å²) < 4.78 is 0. The first-order valence-electron chi connectivity index (χ1n) is 6.48. The van der Waals surface area contributed by atoms with Gasteiger partial charge in [0.05, 0.1) is 0 Å². The number of aryl methyl sites for hydroxylation is 1. The van der Waals surface area contributed by atoms with Crippen molar-refractivity contribution in [2.24, 2.45) is 5.92 Å². The molecule has 0 radical (unpaired) electrons. The second-order valence-electron chi connectivity index (χ2n) is 5.27. The third-order valence-electron chi connectivity index (χ3n) is 3.98. The molecule has 1 aromatic carbocycles. The molecule has 2 rings (SSSR count). The van der Waals surface area contributed by atoms with Gasteiger partial charge < -0.3 is 10.0 Å². The maximum absolute atomic E-state index is 12.2. The van der Waals surface area contributed by atoms with Crippen molar-refractivity contribution in [1.29, 1.82) is 0 Å². The van der Waals surface area contributed by atoms with Crippen LogP contribution in [0.1, 0.15) is 30.4 Å². The molecule has 1 amide bonds. The van der Waals surface area contributed by atoms with Gasteiger partial charge in [-0.3, -0.25) is 4.79 Å². The van der Waals surface area contributed by atoms with E-state index in [9.17, 15) is 9.59 Å². The average molecular weight is 261 g/mol. The minimum Gasteiger partial charge on any atom is -0.480 e. The van der Waals surface area contributed by atoms with E-state index in [0.29, 0.717) is 0 Å². The van der Waals surface area contributed by atoms with Crippen molar-refractivity contribution in [1.82, 2.24) is 4.90 Å². The van der Waals surface area contributed by atoms with Crippen LogP contribution < -0.4 is 0 Å². The van der Waals surface area contributed by atoms with Crippen LogP contribution in [0.15, 0.2) is 24.3 Å². The number of benzene rings is 1. The van der Waals surface area contributed by atoms with Crippen molar-refractivity contribution in [3.05, 3.63) is 35.4 Å². The summed E-state index contributed by atoms with van der Waals surface area (Å²) in [6.45, 7) is 3.57. The number of carboxylic acid groups (broad SMARTS) is 1. The Morgan fingerprint density at radius 3 is 2.58 bits per heavy atom. The van der Waals surface area contributed by atoms with Crippen molar-refractivity contribution in [2.75, 3.05) is 7.05 Å². The molecule has 102 valence electrons. The van der Waals surface area contributed by atoms with E-state index >= 15 is 0 Å². The largest absolute Gasteiger partial charge is 0.480 e. The van der Waals surface area contributed by atoms with Gasteiger partial charge in [-0.15, -0.1) is 0 Å². The molecule has 0 aliphatic heterocycles. The third kappa shape index (κ3) is 2.62. The zero-order valence-corrected chi connectivity index (χ0v) is 11.5. The first-order valence-corrected chi connectivity index (χ1v) is 6.48. The first kappa shape index (κ1) is 13.6. The van der Waals surface area contributed by atoms with Crippen LogP contribution in [0.3, 0.4) is 0 Å². The SMILES string of the molecule is Cc1ccccc1C1CC1C(=O)N(C)C(C)C(=O)O. The van der Waals surface area contributed by atoms with Gasteiger partial charge in [-0.25, -0.2) is 4.79 Å². The fourth-order valence-electron chi connectivity index (χ4n) is 2.43. The Morgan fingerprint density at radius 1 is 1.37 bits per heavy atom. The number of nitrogens with zero attached hydrogens (tertiary/aromatic N) is 1. The molecule has 0 heterocycles. The van der Waals surface area contributed by atoms with Gasteiger partial charge in [-0.1, -0.05) is 24.3 Å². The van der Waals surface area contributed by atoms with Gasteiger partial charge in [0.15, 0.2) is 0 Å². The highest BCUT2D eigenvalue weighted by Gasteiger charge is 2.46. The molecule has 1 fully saturated rings. The Hall–Kier alpha value is -1.84. The summed E-state index contributed by atoms with van der Waals surface area (Å²) in [5, 5.41) is 8.94. The maximum Gasteiger partial charge on any atom is 0.326 e. The number of rotatable bonds is 4. The van der Waals surface area contributed by atoms with Crippen LogP contribution in [0, 0.1) is 12.8 Å². The number of carbonyl (C=O) groups is 2. The molecule has 0 bridgehead atoms. The second-order valence-corrected chi connectivity index (χ2v) is 5.27. The van der Waals surface area contributed by atoms with E-state index < -0.39 is 12.0 Å². The molecule has 3 unspecified atom stereocenters. The Bertz CT molecular complexity index is 512. The van der Waals surface area contributed by atoms with E-state index in [1.807, 2.05) is 31.2 Å². The number of hydrogen-bond donors (Lipinski definition) is 1. The molecule has 1 saturated carbocycles. The lowest BCUT2D eigenvalue weighted by Crippen LogP contribution is -2.41. The zero-order valence-electron chi connectivity index (χ0n) is 11.5. The Kier molecular flexibility index (Phi) is 3.60. The van der Waals surface area contributed by atoms with E-state index in [0.717, 1.165) is 6.42 Å².